The van der Waals surface area contributed by atoms with Crippen LogP contribution in [0.3, 0.4) is 0 Å². The van der Waals surface area contributed by atoms with Crippen molar-refractivity contribution in [3.05, 3.63) is 47.2 Å². The fourth-order valence-corrected chi connectivity index (χ4v) is 3.00. The molecule has 0 aliphatic carbocycles. The Bertz CT molecular complexity index is 763. The van der Waals surface area contributed by atoms with Crippen LogP contribution in [0.15, 0.2) is 30.3 Å². The Labute approximate surface area is 154 Å². The first-order valence-corrected chi connectivity index (χ1v) is 9.22. The van der Waals surface area contributed by atoms with Crippen LogP contribution in [0.5, 0.6) is 5.88 Å². The molecule has 0 saturated heterocycles. The second kappa shape index (κ2) is 8.65. The van der Waals surface area contributed by atoms with Gasteiger partial charge in [0.05, 0.1) is 0 Å². The van der Waals surface area contributed by atoms with E-state index in [1.165, 1.54) is 11.1 Å². The van der Waals surface area contributed by atoms with Crippen molar-refractivity contribution in [1.82, 2.24) is 15.3 Å². The van der Waals surface area contributed by atoms with Crippen molar-refractivity contribution in [3.8, 4) is 5.88 Å². The zero-order chi connectivity index (χ0) is 18.4. The molecule has 1 aliphatic rings. The van der Waals surface area contributed by atoms with Crippen molar-refractivity contribution in [3.63, 3.8) is 0 Å². The SMILES string of the molecule is CCCCNC(=O)COc1cc(C)nc(N2CCc3ccccc3C2)n1. The fraction of sp³-hybridized carbons (Fsp3) is 0.450. The van der Waals surface area contributed by atoms with E-state index in [9.17, 15) is 4.79 Å². The number of hydrogen-bond acceptors (Lipinski definition) is 5. The summed E-state index contributed by atoms with van der Waals surface area (Å²) in [7, 11) is 0. The summed E-state index contributed by atoms with van der Waals surface area (Å²) in [6.07, 6.45) is 3.00. The summed E-state index contributed by atoms with van der Waals surface area (Å²) in [6, 6.07) is 10.2. The van der Waals surface area contributed by atoms with Gasteiger partial charge in [-0.05, 0) is 30.9 Å². The standard InChI is InChI=1S/C20H26N4O2/c1-3-4-10-21-18(25)14-26-19-12-15(2)22-20(23-19)24-11-9-16-7-5-6-8-17(16)13-24/h5-8,12H,3-4,9-11,13-14H2,1-2H3,(H,21,25). The van der Waals surface area contributed by atoms with Crippen molar-refractivity contribution in [2.75, 3.05) is 24.6 Å². The number of nitrogens with zero attached hydrogens (tertiary/aromatic N) is 3. The maximum absolute atomic E-state index is 11.8. The van der Waals surface area contributed by atoms with Gasteiger partial charge in [0.2, 0.25) is 11.8 Å². The third kappa shape index (κ3) is 4.71. The molecule has 0 unspecified atom stereocenters. The number of aromatic nitrogens is 2. The molecule has 1 amide bonds. The number of aryl methyl sites for hydroxylation is 1. The largest absolute Gasteiger partial charge is 0.467 e. The van der Waals surface area contributed by atoms with Crippen LogP contribution >= 0.6 is 0 Å². The summed E-state index contributed by atoms with van der Waals surface area (Å²) in [5.74, 6) is 0.973. The smallest absolute Gasteiger partial charge is 0.258 e. The summed E-state index contributed by atoms with van der Waals surface area (Å²) >= 11 is 0. The van der Waals surface area contributed by atoms with Gasteiger partial charge >= 0.3 is 0 Å². The molecular weight excluding hydrogens is 328 g/mol. The molecule has 6 nitrogen and oxygen atoms in total. The molecule has 1 aliphatic heterocycles. The predicted molar refractivity (Wildman–Crippen MR) is 101 cm³/mol. The molecule has 0 fully saturated rings. The predicted octanol–water partition coefficient (Wildman–Crippen LogP) is 2.64. The Balaban J connectivity index is 1.64. The average Bonchev–Trinajstić information content (AvgIpc) is 2.66. The summed E-state index contributed by atoms with van der Waals surface area (Å²) in [6.45, 7) is 6.32. The molecule has 0 bridgehead atoms. The van der Waals surface area contributed by atoms with Gasteiger partial charge in [0.25, 0.3) is 5.91 Å². The Hall–Kier alpha value is -2.63. The number of fused-ring (bicyclic) bond motifs is 1. The van der Waals surface area contributed by atoms with E-state index >= 15 is 0 Å². The van der Waals surface area contributed by atoms with Gasteiger partial charge in [-0.1, -0.05) is 37.6 Å². The van der Waals surface area contributed by atoms with Crippen LogP contribution in [0.25, 0.3) is 0 Å². The first kappa shape index (κ1) is 18.2. The van der Waals surface area contributed by atoms with Crippen LogP contribution in [-0.2, 0) is 17.8 Å². The normalized spacial score (nSPS) is 13.2. The van der Waals surface area contributed by atoms with Gasteiger partial charge in [0.1, 0.15) is 0 Å². The number of anilines is 1. The molecule has 3 rings (SSSR count). The van der Waals surface area contributed by atoms with Crippen molar-refractivity contribution in [2.45, 2.75) is 39.7 Å². The molecule has 0 radical (unpaired) electrons. The van der Waals surface area contributed by atoms with Crippen molar-refractivity contribution < 1.29 is 9.53 Å². The van der Waals surface area contributed by atoms with Crippen LogP contribution < -0.4 is 15.0 Å². The van der Waals surface area contributed by atoms with Crippen molar-refractivity contribution in [2.24, 2.45) is 0 Å². The molecule has 0 spiro atoms. The van der Waals surface area contributed by atoms with Gasteiger partial charge in [-0.25, -0.2) is 4.98 Å². The number of hydrogen-bond donors (Lipinski definition) is 1. The van der Waals surface area contributed by atoms with Crippen molar-refractivity contribution in [1.29, 1.82) is 0 Å². The molecular formula is C20H26N4O2. The van der Waals surface area contributed by atoms with Crippen molar-refractivity contribution >= 4 is 11.9 Å². The molecule has 2 heterocycles. The molecule has 0 atom stereocenters. The minimum absolute atomic E-state index is 0.0254. The lowest BCUT2D eigenvalue weighted by molar-refractivity contribution is -0.123. The van der Waals surface area contributed by atoms with E-state index in [2.05, 4.69) is 51.4 Å². The molecule has 2 aromatic rings. The van der Waals surface area contributed by atoms with Crippen LogP contribution in [0, 0.1) is 6.92 Å². The van der Waals surface area contributed by atoms with E-state index in [0.717, 1.165) is 38.0 Å². The quantitative estimate of drug-likeness (QED) is 0.774. The highest BCUT2D eigenvalue weighted by Gasteiger charge is 2.19. The van der Waals surface area contributed by atoms with Crippen LogP contribution in [0.2, 0.25) is 0 Å². The van der Waals surface area contributed by atoms with E-state index in [1.807, 2.05) is 6.92 Å². The van der Waals surface area contributed by atoms with Gasteiger partial charge in [-0.2, -0.15) is 4.98 Å². The second-order valence-corrected chi connectivity index (χ2v) is 6.58. The second-order valence-electron chi connectivity index (χ2n) is 6.58. The molecule has 138 valence electrons. The minimum atomic E-state index is -0.122. The first-order chi connectivity index (χ1) is 12.7. The number of benzene rings is 1. The number of amides is 1. The topological polar surface area (TPSA) is 67.3 Å². The van der Waals surface area contributed by atoms with E-state index < -0.39 is 0 Å². The van der Waals surface area contributed by atoms with E-state index in [0.29, 0.717) is 18.4 Å². The summed E-state index contributed by atoms with van der Waals surface area (Å²) < 4.78 is 5.59. The molecule has 6 heteroatoms. The highest BCUT2D eigenvalue weighted by atomic mass is 16.5. The van der Waals surface area contributed by atoms with Gasteiger partial charge < -0.3 is 15.0 Å². The molecule has 1 aromatic heterocycles. The monoisotopic (exact) mass is 354 g/mol. The summed E-state index contributed by atoms with van der Waals surface area (Å²) in [5, 5.41) is 2.84. The molecule has 1 aromatic carbocycles. The third-order valence-corrected chi connectivity index (χ3v) is 4.44. The number of unbranched alkanes of at least 4 members (excludes halogenated alkanes) is 1. The number of carbonyl (C=O) groups is 1. The highest BCUT2D eigenvalue weighted by molar-refractivity contribution is 5.77. The van der Waals surface area contributed by atoms with E-state index in [-0.39, 0.29) is 12.5 Å². The summed E-state index contributed by atoms with van der Waals surface area (Å²) in [4.78, 5) is 23.0. The minimum Gasteiger partial charge on any atom is -0.467 e. The zero-order valence-corrected chi connectivity index (χ0v) is 15.5. The lowest BCUT2D eigenvalue weighted by Gasteiger charge is -2.29. The van der Waals surface area contributed by atoms with Crippen LogP contribution in [-0.4, -0.2) is 35.6 Å². The number of nitrogens with one attached hydrogen (secondary N) is 1. The zero-order valence-electron chi connectivity index (χ0n) is 15.5. The lowest BCUT2D eigenvalue weighted by Crippen LogP contribution is -2.32. The Morgan fingerprint density at radius 1 is 1.27 bits per heavy atom. The Morgan fingerprint density at radius 3 is 2.88 bits per heavy atom. The van der Waals surface area contributed by atoms with Crippen LogP contribution in [0.1, 0.15) is 36.6 Å². The van der Waals surface area contributed by atoms with E-state index in [4.69, 9.17) is 4.74 Å². The molecule has 26 heavy (non-hydrogen) atoms. The first-order valence-electron chi connectivity index (χ1n) is 9.22. The summed E-state index contributed by atoms with van der Waals surface area (Å²) in [5.41, 5.74) is 3.52. The van der Waals surface area contributed by atoms with Crippen LogP contribution in [0.4, 0.5) is 5.95 Å². The van der Waals surface area contributed by atoms with Gasteiger partial charge in [0.15, 0.2) is 6.61 Å². The number of carbonyl (C=O) groups excluding carboxylic acids is 1. The lowest BCUT2D eigenvalue weighted by atomic mass is 10.0. The number of rotatable bonds is 7. The van der Waals surface area contributed by atoms with Gasteiger partial charge in [-0.15, -0.1) is 0 Å². The number of ether oxygens (including phenoxy) is 1. The average molecular weight is 354 g/mol. The highest BCUT2D eigenvalue weighted by Crippen LogP contribution is 2.23. The maximum Gasteiger partial charge on any atom is 0.258 e. The van der Waals surface area contributed by atoms with Gasteiger partial charge in [-0.3, -0.25) is 4.79 Å². The Kier molecular flexibility index (Phi) is 6.04. The maximum atomic E-state index is 11.8. The molecule has 0 saturated carbocycles. The van der Waals surface area contributed by atoms with Gasteiger partial charge in [0, 0.05) is 31.4 Å². The third-order valence-electron chi connectivity index (χ3n) is 4.44. The fourth-order valence-electron chi connectivity index (χ4n) is 3.00. The molecule has 1 N–H and O–H groups in total. The Morgan fingerprint density at radius 2 is 2.08 bits per heavy atom. The van der Waals surface area contributed by atoms with E-state index in [1.54, 1.807) is 6.07 Å².